The van der Waals surface area contributed by atoms with Gasteiger partial charge in [-0.2, -0.15) is 4.99 Å². The number of aromatic nitrogens is 1. The molecule has 146 valence electrons. The van der Waals surface area contributed by atoms with Gasteiger partial charge < -0.3 is 14.8 Å². The van der Waals surface area contributed by atoms with Gasteiger partial charge in [-0.3, -0.25) is 9.59 Å². The van der Waals surface area contributed by atoms with Crippen LogP contribution in [0.5, 0.6) is 0 Å². The second kappa shape index (κ2) is 9.62. The molecule has 0 aliphatic rings. The van der Waals surface area contributed by atoms with Gasteiger partial charge in [0.15, 0.2) is 4.80 Å². The molecule has 6 nitrogen and oxygen atoms in total. The van der Waals surface area contributed by atoms with Crippen LogP contribution >= 0.6 is 11.3 Å². The van der Waals surface area contributed by atoms with E-state index in [1.165, 1.54) is 11.3 Å². The van der Waals surface area contributed by atoms with Crippen LogP contribution < -0.4 is 10.1 Å². The largest absolute Gasteiger partial charge is 0.353 e. The van der Waals surface area contributed by atoms with Gasteiger partial charge in [0, 0.05) is 29.7 Å². The van der Waals surface area contributed by atoms with Crippen molar-refractivity contribution in [2.75, 3.05) is 27.2 Å². The van der Waals surface area contributed by atoms with Crippen molar-refractivity contribution in [1.82, 2.24) is 14.8 Å². The van der Waals surface area contributed by atoms with E-state index in [0.717, 1.165) is 17.0 Å². The molecule has 0 saturated heterocycles. The molecule has 0 saturated carbocycles. The lowest BCUT2D eigenvalue weighted by Gasteiger charge is -2.18. The van der Waals surface area contributed by atoms with Crippen molar-refractivity contribution < 1.29 is 9.59 Å². The van der Waals surface area contributed by atoms with Crippen LogP contribution in [-0.4, -0.2) is 48.5 Å². The van der Waals surface area contributed by atoms with Crippen LogP contribution in [0.1, 0.15) is 40.2 Å². The normalized spacial score (nSPS) is 13.0. The summed E-state index contributed by atoms with van der Waals surface area (Å²) in [7, 11) is 3.93. The molecule has 1 heterocycles. The molecule has 1 aromatic carbocycles. The number of likely N-dealkylation sites (N-methyl/N-ethyl adjacent to an activating group) is 1. The molecule has 1 atom stereocenters. The van der Waals surface area contributed by atoms with E-state index < -0.39 is 0 Å². The summed E-state index contributed by atoms with van der Waals surface area (Å²) < 4.78 is 1.82. The van der Waals surface area contributed by atoms with Crippen molar-refractivity contribution in [3.8, 4) is 0 Å². The highest BCUT2D eigenvalue weighted by atomic mass is 32.1. The first-order valence-electron chi connectivity index (χ1n) is 9.08. The van der Waals surface area contributed by atoms with Crippen molar-refractivity contribution in [3.05, 3.63) is 51.3 Å². The van der Waals surface area contributed by atoms with Crippen LogP contribution in [0.3, 0.4) is 0 Å². The highest BCUT2D eigenvalue weighted by Gasteiger charge is 2.20. The molecule has 2 amide bonds. The Bertz CT molecular complexity index is 850. The van der Waals surface area contributed by atoms with Crippen LogP contribution in [0.15, 0.2) is 35.5 Å². The number of nitrogens with one attached hydrogen (secondary N) is 1. The monoisotopic (exact) mass is 388 g/mol. The number of hydrogen-bond acceptors (Lipinski definition) is 4. The van der Waals surface area contributed by atoms with Gasteiger partial charge in [0.1, 0.15) is 6.04 Å². The average Bonchev–Trinajstić information content (AvgIpc) is 2.95. The molecule has 0 unspecified atom stereocenters. The van der Waals surface area contributed by atoms with Crippen molar-refractivity contribution >= 4 is 23.2 Å². The van der Waals surface area contributed by atoms with Gasteiger partial charge in [0.05, 0.1) is 0 Å². The number of nitrogens with zero attached hydrogens (tertiary/aromatic N) is 3. The first-order valence-corrected chi connectivity index (χ1v) is 9.90. The third kappa shape index (κ3) is 5.87. The summed E-state index contributed by atoms with van der Waals surface area (Å²) in [6, 6.07) is 6.95. The second-order valence-electron chi connectivity index (χ2n) is 6.83. The fraction of sp³-hybridized carbons (Fsp3) is 0.450. The lowest BCUT2D eigenvalue weighted by Crippen LogP contribution is -2.38. The molecule has 1 N–H and O–H groups in total. The van der Waals surface area contributed by atoms with Crippen LogP contribution in [-0.2, 0) is 4.79 Å². The molecule has 2 rings (SSSR count). The molecule has 1 aromatic heterocycles. The minimum atomic E-state index is -0.387. The Morgan fingerprint density at radius 2 is 1.89 bits per heavy atom. The van der Waals surface area contributed by atoms with Crippen molar-refractivity contribution in [2.24, 2.45) is 4.99 Å². The Labute approximate surface area is 164 Å². The fourth-order valence-corrected chi connectivity index (χ4v) is 3.52. The Morgan fingerprint density at radius 3 is 2.48 bits per heavy atom. The highest BCUT2D eigenvalue weighted by Crippen LogP contribution is 2.14. The summed E-state index contributed by atoms with van der Waals surface area (Å²) in [4.78, 5) is 33.0. The van der Waals surface area contributed by atoms with E-state index in [9.17, 15) is 9.59 Å². The molecule has 27 heavy (non-hydrogen) atoms. The summed E-state index contributed by atoms with van der Waals surface area (Å²) >= 11 is 1.42. The standard InChI is InChI=1S/C20H28N4O2S/c1-6-17(19(26)21-11-12-23(4)5)24-13-15(3)27-20(24)22-18(25)16-9-7-14(2)8-10-16/h7-10,13,17H,6,11-12H2,1-5H3,(H,21,26)/t17-/m0/s1. The van der Waals surface area contributed by atoms with E-state index in [4.69, 9.17) is 0 Å². The predicted molar refractivity (Wildman–Crippen MR) is 109 cm³/mol. The molecular formula is C20H28N4O2S. The van der Waals surface area contributed by atoms with Crippen molar-refractivity contribution in [2.45, 2.75) is 33.2 Å². The molecule has 0 radical (unpaired) electrons. The van der Waals surface area contributed by atoms with Gasteiger partial charge in [0.2, 0.25) is 5.91 Å². The number of rotatable bonds is 7. The quantitative estimate of drug-likeness (QED) is 0.793. The Morgan fingerprint density at radius 1 is 1.22 bits per heavy atom. The van der Waals surface area contributed by atoms with Crippen LogP contribution in [0.25, 0.3) is 0 Å². The van der Waals surface area contributed by atoms with E-state index in [2.05, 4.69) is 10.3 Å². The number of benzene rings is 1. The molecule has 0 aliphatic carbocycles. The summed E-state index contributed by atoms with van der Waals surface area (Å²) in [5.41, 5.74) is 1.63. The lowest BCUT2D eigenvalue weighted by atomic mass is 10.1. The Hall–Kier alpha value is -2.25. The zero-order valence-electron chi connectivity index (χ0n) is 16.7. The third-order valence-electron chi connectivity index (χ3n) is 4.17. The van der Waals surface area contributed by atoms with E-state index in [-0.39, 0.29) is 17.9 Å². The van der Waals surface area contributed by atoms with Gasteiger partial charge in [-0.15, -0.1) is 11.3 Å². The summed E-state index contributed by atoms with van der Waals surface area (Å²) in [6.07, 6.45) is 2.52. The molecule has 0 spiro atoms. The maximum Gasteiger partial charge on any atom is 0.279 e. The number of hydrogen-bond donors (Lipinski definition) is 1. The minimum absolute atomic E-state index is 0.0543. The van der Waals surface area contributed by atoms with E-state index in [1.54, 1.807) is 12.1 Å². The zero-order chi connectivity index (χ0) is 20.0. The van der Waals surface area contributed by atoms with E-state index >= 15 is 0 Å². The van der Waals surface area contributed by atoms with Crippen molar-refractivity contribution in [3.63, 3.8) is 0 Å². The van der Waals surface area contributed by atoms with Gasteiger partial charge in [-0.1, -0.05) is 24.6 Å². The molecule has 0 aliphatic heterocycles. The van der Waals surface area contributed by atoms with E-state index in [0.29, 0.717) is 23.3 Å². The summed E-state index contributed by atoms with van der Waals surface area (Å²) in [6.45, 7) is 7.25. The third-order valence-corrected chi connectivity index (χ3v) is 5.09. The Kier molecular flexibility index (Phi) is 7.50. The number of aryl methyl sites for hydroxylation is 2. The van der Waals surface area contributed by atoms with Crippen molar-refractivity contribution in [1.29, 1.82) is 0 Å². The van der Waals surface area contributed by atoms with Gasteiger partial charge in [-0.05, 0) is 46.5 Å². The average molecular weight is 389 g/mol. The first kappa shape index (κ1) is 21.1. The maximum atomic E-state index is 12.6. The molecular weight excluding hydrogens is 360 g/mol. The zero-order valence-corrected chi connectivity index (χ0v) is 17.5. The number of carbonyl (C=O) groups excluding carboxylic acids is 2. The first-order chi connectivity index (χ1) is 12.8. The minimum Gasteiger partial charge on any atom is -0.353 e. The topological polar surface area (TPSA) is 66.7 Å². The summed E-state index contributed by atoms with van der Waals surface area (Å²) in [5, 5.41) is 2.97. The smallest absolute Gasteiger partial charge is 0.279 e. The SMILES string of the molecule is CC[C@@H](C(=O)NCCN(C)C)n1cc(C)sc1=NC(=O)c1ccc(C)cc1. The second-order valence-corrected chi connectivity index (χ2v) is 8.05. The van der Waals surface area contributed by atoms with E-state index in [1.807, 2.05) is 62.7 Å². The molecule has 0 bridgehead atoms. The number of thiazole rings is 1. The maximum absolute atomic E-state index is 12.6. The van der Waals surface area contributed by atoms with Crippen LogP contribution in [0.2, 0.25) is 0 Å². The predicted octanol–water partition coefficient (Wildman–Crippen LogP) is 2.54. The Balaban J connectivity index is 2.28. The van der Waals surface area contributed by atoms with Crippen LogP contribution in [0, 0.1) is 13.8 Å². The van der Waals surface area contributed by atoms with Gasteiger partial charge in [0.25, 0.3) is 5.91 Å². The molecule has 0 fully saturated rings. The fourth-order valence-electron chi connectivity index (χ4n) is 2.65. The van der Waals surface area contributed by atoms with Crippen LogP contribution in [0.4, 0.5) is 0 Å². The van der Waals surface area contributed by atoms with Gasteiger partial charge in [-0.25, -0.2) is 0 Å². The molecule has 7 heteroatoms. The molecule has 2 aromatic rings. The summed E-state index contributed by atoms with van der Waals surface area (Å²) in [5.74, 6) is -0.352. The van der Waals surface area contributed by atoms with Gasteiger partial charge >= 0.3 is 0 Å². The number of carbonyl (C=O) groups is 2. The lowest BCUT2D eigenvalue weighted by molar-refractivity contribution is -0.124. The number of amides is 2. The highest BCUT2D eigenvalue weighted by molar-refractivity contribution is 7.09.